The van der Waals surface area contributed by atoms with Crippen molar-refractivity contribution in [1.29, 1.82) is 0 Å². The van der Waals surface area contributed by atoms with Crippen LogP contribution in [0.2, 0.25) is 0 Å². The van der Waals surface area contributed by atoms with E-state index in [4.69, 9.17) is 4.74 Å². The van der Waals surface area contributed by atoms with E-state index >= 15 is 0 Å². The minimum atomic E-state index is -2.85. The number of nitrogens with one attached hydrogen (secondary N) is 1. The average molecular weight is 297 g/mol. The maximum atomic E-state index is 11.5. The third-order valence-electron chi connectivity index (χ3n) is 3.21. The third kappa shape index (κ3) is 4.13. The summed E-state index contributed by atoms with van der Waals surface area (Å²) in [7, 11) is -2.85. The lowest BCUT2D eigenvalue weighted by Crippen LogP contribution is -2.23. The molecular formula is C15H23NO3S. The van der Waals surface area contributed by atoms with Crippen LogP contribution in [0.25, 0.3) is 0 Å². The maximum absolute atomic E-state index is 11.5. The van der Waals surface area contributed by atoms with E-state index in [1.807, 2.05) is 45.9 Å². The lowest BCUT2D eigenvalue weighted by molar-refractivity contribution is 0.131. The van der Waals surface area contributed by atoms with E-state index < -0.39 is 9.84 Å². The van der Waals surface area contributed by atoms with Crippen LogP contribution in [0, 0.1) is 6.92 Å². The van der Waals surface area contributed by atoms with Gasteiger partial charge < -0.3 is 10.1 Å². The molecule has 1 aliphatic heterocycles. The Morgan fingerprint density at radius 1 is 1.30 bits per heavy atom. The van der Waals surface area contributed by atoms with Gasteiger partial charge in [-0.25, -0.2) is 8.42 Å². The van der Waals surface area contributed by atoms with Gasteiger partial charge in [-0.1, -0.05) is 0 Å². The highest BCUT2D eigenvalue weighted by molar-refractivity contribution is 7.91. The maximum Gasteiger partial charge on any atom is 0.152 e. The number of hydrogen-bond donors (Lipinski definition) is 1. The molecule has 1 unspecified atom stereocenters. The second kappa shape index (κ2) is 5.28. The standard InChI is InChI=1S/C15H23NO3S/c1-11-9-13(19-15(2,3)4)5-6-14(11)16-12-7-8-20(17,18)10-12/h5-6,9,12,16H,7-8,10H2,1-4H3. The van der Waals surface area contributed by atoms with Crippen LogP contribution in [-0.4, -0.2) is 31.6 Å². The molecule has 20 heavy (non-hydrogen) atoms. The van der Waals surface area contributed by atoms with E-state index in [-0.39, 0.29) is 23.1 Å². The summed E-state index contributed by atoms with van der Waals surface area (Å²) in [6, 6.07) is 5.88. The van der Waals surface area contributed by atoms with Crippen LogP contribution in [-0.2, 0) is 9.84 Å². The molecule has 1 aromatic carbocycles. The van der Waals surface area contributed by atoms with Gasteiger partial charge in [0.25, 0.3) is 0 Å². The van der Waals surface area contributed by atoms with Crippen LogP contribution >= 0.6 is 0 Å². The molecule has 1 heterocycles. The molecular weight excluding hydrogens is 274 g/mol. The van der Waals surface area contributed by atoms with E-state index in [2.05, 4.69) is 5.32 Å². The molecule has 0 bridgehead atoms. The zero-order valence-corrected chi connectivity index (χ0v) is 13.4. The van der Waals surface area contributed by atoms with Crippen molar-refractivity contribution >= 4 is 15.5 Å². The number of benzene rings is 1. The Morgan fingerprint density at radius 2 is 2.00 bits per heavy atom. The molecule has 0 aromatic heterocycles. The lowest BCUT2D eigenvalue weighted by atomic mass is 10.1. The number of hydrogen-bond acceptors (Lipinski definition) is 4. The average Bonchev–Trinajstić information content (AvgIpc) is 2.60. The molecule has 5 heteroatoms. The molecule has 0 amide bonds. The highest BCUT2D eigenvalue weighted by Gasteiger charge is 2.27. The molecule has 112 valence electrons. The zero-order valence-electron chi connectivity index (χ0n) is 12.6. The molecule has 1 saturated heterocycles. The summed E-state index contributed by atoms with van der Waals surface area (Å²) in [5, 5.41) is 3.32. The lowest BCUT2D eigenvalue weighted by Gasteiger charge is -2.22. The van der Waals surface area contributed by atoms with Crippen molar-refractivity contribution < 1.29 is 13.2 Å². The molecule has 0 saturated carbocycles. The first-order valence-corrected chi connectivity index (χ1v) is 8.73. The topological polar surface area (TPSA) is 55.4 Å². The van der Waals surface area contributed by atoms with E-state index in [9.17, 15) is 8.42 Å². The van der Waals surface area contributed by atoms with Crippen LogP contribution < -0.4 is 10.1 Å². The summed E-state index contributed by atoms with van der Waals surface area (Å²) >= 11 is 0. The van der Waals surface area contributed by atoms with Crippen molar-refractivity contribution in [3.05, 3.63) is 23.8 Å². The van der Waals surface area contributed by atoms with Crippen LogP contribution in [0.3, 0.4) is 0 Å². The van der Waals surface area contributed by atoms with Crippen molar-refractivity contribution in [2.45, 2.75) is 45.8 Å². The van der Waals surface area contributed by atoms with Crippen LogP contribution in [0.1, 0.15) is 32.8 Å². The minimum absolute atomic E-state index is 0.0214. The Morgan fingerprint density at radius 3 is 2.50 bits per heavy atom. The molecule has 2 rings (SSSR count). The number of anilines is 1. The first kappa shape index (κ1) is 15.2. The highest BCUT2D eigenvalue weighted by atomic mass is 32.2. The molecule has 4 nitrogen and oxygen atoms in total. The second-order valence-corrected chi connectivity index (χ2v) is 8.66. The van der Waals surface area contributed by atoms with E-state index in [1.54, 1.807) is 0 Å². The quantitative estimate of drug-likeness (QED) is 0.932. The summed E-state index contributed by atoms with van der Waals surface area (Å²) in [5.41, 5.74) is 1.82. The fraction of sp³-hybridized carbons (Fsp3) is 0.600. The Labute approximate surface area is 121 Å². The normalized spacial score (nSPS) is 21.7. The Kier molecular flexibility index (Phi) is 4.00. The van der Waals surface area contributed by atoms with Crippen molar-refractivity contribution in [1.82, 2.24) is 0 Å². The predicted molar refractivity (Wildman–Crippen MR) is 82.2 cm³/mol. The van der Waals surface area contributed by atoms with Crippen LogP contribution in [0.5, 0.6) is 5.75 Å². The fourth-order valence-corrected chi connectivity index (χ4v) is 4.02. The van der Waals surface area contributed by atoms with Crippen LogP contribution in [0.15, 0.2) is 18.2 Å². The van der Waals surface area contributed by atoms with Gasteiger partial charge in [0.05, 0.1) is 11.5 Å². The van der Waals surface area contributed by atoms with Gasteiger partial charge in [-0.15, -0.1) is 0 Å². The van der Waals surface area contributed by atoms with Gasteiger partial charge in [-0.05, 0) is 57.9 Å². The minimum Gasteiger partial charge on any atom is -0.488 e. The Hall–Kier alpha value is -1.23. The molecule has 0 spiro atoms. The van der Waals surface area contributed by atoms with E-state index in [0.717, 1.165) is 17.0 Å². The number of rotatable bonds is 3. The Balaban J connectivity index is 2.07. The van der Waals surface area contributed by atoms with E-state index in [1.165, 1.54) is 0 Å². The summed E-state index contributed by atoms with van der Waals surface area (Å²) in [4.78, 5) is 0. The number of aryl methyl sites for hydroxylation is 1. The molecule has 1 aliphatic rings. The van der Waals surface area contributed by atoms with Crippen molar-refractivity contribution in [2.75, 3.05) is 16.8 Å². The van der Waals surface area contributed by atoms with Gasteiger partial charge in [-0.3, -0.25) is 0 Å². The summed E-state index contributed by atoms with van der Waals surface area (Å²) in [5.74, 6) is 1.35. The highest BCUT2D eigenvalue weighted by Crippen LogP contribution is 2.26. The smallest absolute Gasteiger partial charge is 0.152 e. The SMILES string of the molecule is Cc1cc(OC(C)(C)C)ccc1NC1CCS(=O)(=O)C1. The summed E-state index contributed by atoms with van der Waals surface area (Å²) in [6.07, 6.45) is 0.683. The first-order chi connectivity index (χ1) is 9.15. The van der Waals surface area contributed by atoms with E-state index in [0.29, 0.717) is 6.42 Å². The first-order valence-electron chi connectivity index (χ1n) is 6.91. The van der Waals surface area contributed by atoms with Crippen molar-refractivity contribution in [2.24, 2.45) is 0 Å². The molecule has 1 aromatic rings. The van der Waals surface area contributed by atoms with Crippen molar-refractivity contribution in [3.8, 4) is 5.75 Å². The fourth-order valence-electron chi connectivity index (χ4n) is 2.34. The predicted octanol–water partition coefficient (Wildman–Crippen LogP) is 2.77. The Bertz CT molecular complexity index is 588. The molecule has 0 aliphatic carbocycles. The van der Waals surface area contributed by atoms with Gasteiger partial charge in [0, 0.05) is 11.7 Å². The van der Waals surface area contributed by atoms with Gasteiger partial charge in [0.1, 0.15) is 11.4 Å². The number of ether oxygens (including phenoxy) is 1. The number of sulfone groups is 1. The third-order valence-corrected chi connectivity index (χ3v) is 4.98. The van der Waals surface area contributed by atoms with Gasteiger partial charge in [0.2, 0.25) is 0 Å². The molecule has 1 N–H and O–H groups in total. The molecule has 1 atom stereocenters. The molecule has 1 fully saturated rings. The zero-order chi connectivity index (χ0) is 15.0. The monoisotopic (exact) mass is 297 g/mol. The van der Waals surface area contributed by atoms with Crippen LogP contribution in [0.4, 0.5) is 5.69 Å². The van der Waals surface area contributed by atoms with Gasteiger partial charge >= 0.3 is 0 Å². The van der Waals surface area contributed by atoms with Crippen molar-refractivity contribution in [3.63, 3.8) is 0 Å². The van der Waals surface area contributed by atoms with Gasteiger partial charge in [-0.2, -0.15) is 0 Å². The molecule has 0 radical (unpaired) electrons. The summed E-state index contributed by atoms with van der Waals surface area (Å²) in [6.45, 7) is 8.04. The van der Waals surface area contributed by atoms with Gasteiger partial charge in [0.15, 0.2) is 9.84 Å². The largest absolute Gasteiger partial charge is 0.488 e. The summed E-state index contributed by atoms with van der Waals surface area (Å²) < 4.78 is 28.8. The second-order valence-electron chi connectivity index (χ2n) is 6.44.